The molecule has 0 aromatic heterocycles. The number of carbonyl (C=O) groups is 2. The minimum atomic E-state index is -3.87. The number of nitriles is 1. The summed E-state index contributed by atoms with van der Waals surface area (Å²) in [5, 5.41) is 12.2. The maximum Gasteiger partial charge on any atom is 0.408 e. The second-order valence-electron chi connectivity index (χ2n) is 10.1. The lowest BCUT2D eigenvalue weighted by Gasteiger charge is -2.36. The highest BCUT2D eigenvalue weighted by atomic mass is 32.2. The predicted octanol–water partition coefficient (Wildman–Crippen LogP) is 2.08. The van der Waals surface area contributed by atoms with Crippen LogP contribution in [0.4, 0.5) is 9.18 Å². The normalized spacial score (nSPS) is 23.9. The lowest BCUT2D eigenvalue weighted by molar-refractivity contribution is -0.134. The standard InChI is InChI=1S/C27H30FN5O5S/c28-20-8-4-10-24(12-20)39(36,37)33-16-22-13-23(33)15-31(22)17-25(26(34)32-11-5-9-21(32)14-29)30-27(35)38-18-19-6-2-1-3-7-19/h1-4,6-8,10,12,21-23,25H,5,9,11,13,15-18H2,(H,30,35)/t21-,22-,23-,25-/m0/s1. The summed E-state index contributed by atoms with van der Waals surface area (Å²) in [6.07, 6.45) is 1.11. The minimum Gasteiger partial charge on any atom is -0.445 e. The predicted molar refractivity (Wildman–Crippen MR) is 138 cm³/mol. The van der Waals surface area contributed by atoms with Gasteiger partial charge in [0.25, 0.3) is 0 Å². The van der Waals surface area contributed by atoms with Crippen molar-refractivity contribution in [2.24, 2.45) is 0 Å². The fourth-order valence-electron chi connectivity index (χ4n) is 5.69. The number of carbonyl (C=O) groups excluding carboxylic acids is 2. The van der Waals surface area contributed by atoms with Crippen LogP contribution in [0.15, 0.2) is 59.5 Å². The van der Waals surface area contributed by atoms with Gasteiger partial charge in [-0.2, -0.15) is 9.57 Å². The van der Waals surface area contributed by atoms with Gasteiger partial charge in [0, 0.05) is 38.3 Å². The van der Waals surface area contributed by atoms with Gasteiger partial charge in [0.15, 0.2) is 0 Å². The van der Waals surface area contributed by atoms with E-state index in [0.717, 1.165) is 11.6 Å². The molecule has 12 heteroatoms. The lowest BCUT2D eigenvalue weighted by Crippen LogP contribution is -2.57. The molecule has 39 heavy (non-hydrogen) atoms. The molecule has 4 atom stereocenters. The summed E-state index contributed by atoms with van der Waals surface area (Å²) in [6.45, 7) is 1.20. The van der Waals surface area contributed by atoms with E-state index in [0.29, 0.717) is 32.4 Å². The maximum atomic E-state index is 13.7. The third-order valence-corrected chi connectivity index (χ3v) is 9.53. The fraction of sp³-hybridized carbons (Fsp3) is 0.444. The molecule has 2 amide bonds. The molecule has 10 nitrogen and oxygen atoms in total. The van der Waals surface area contributed by atoms with Crippen molar-refractivity contribution in [3.8, 4) is 6.07 Å². The lowest BCUT2D eigenvalue weighted by atomic mass is 10.2. The molecule has 1 N–H and O–H groups in total. The van der Waals surface area contributed by atoms with Crippen molar-refractivity contribution < 1.29 is 27.1 Å². The summed E-state index contributed by atoms with van der Waals surface area (Å²) >= 11 is 0. The molecular weight excluding hydrogens is 525 g/mol. The molecule has 2 aromatic carbocycles. The summed E-state index contributed by atoms with van der Waals surface area (Å²) in [5.74, 6) is -0.978. The Morgan fingerprint density at radius 1 is 1.13 bits per heavy atom. The number of fused-ring (bicyclic) bond motifs is 2. The van der Waals surface area contributed by atoms with Crippen molar-refractivity contribution in [2.45, 2.75) is 54.9 Å². The molecule has 2 aromatic rings. The first kappa shape index (κ1) is 27.1. The van der Waals surface area contributed by atoms with Gasteiger partial charge in [-0.1, -0.05) is 36.4 Å². The van der Waals surface area contributed by atoms with Gasteiger partial charge >= 0.3 is 6.09 Å². The Morgan fingerprint density at radius 2 is 1.92 bits per heavy atom. The molecule has 2 bridgehead atoms. The highest BCUT2D eigenvalue weighted by Crippen LogP contribution is 2.35. The molecule has 3 saturated heterocycles. The van der Waals surface area contributed by atoms with Crippen LogP contribution in [0.2, 0.25) is 0 Å². The van der Waals surface area contributed by atoms with Gasteiger partial charge in [0.2, 0.25) is 15.9 Å². The van der Waals surface area contributed by atoms with Crippen molar-refractivity contribution in [3.05, 3.63) is 66.0 Å². The van der Waals surface area contributed by atoms with Crippen LogP contribution in [-0.4, -0.2) is 84.9 Å². The zero-order chi connectivity index (χ0) is 27.6. The monoisotopic (exact) mass is 555 g/mol. The van der Waals surface area contributed by atoms with E-state index in [9.17, 15) is 27.7 Å². The van der Waals surface area contributed by atoms with Crippen molar-refractivity contribution in [1.29, 1.82) is 5.26 Å². The van der Waals surface area contributed by atoms with Crippen LogP contribution < -0.4 is 5.32 Å². The molecule has 206 valence electrons. The van der Waals surface area contributed by atoms with E-state index in [2.05, 4.69) is 11.4 Å². The second-order valence-corrected chi connectivity index (χ2v) is 12.0. The number of hydrogen-bond acceptors (Lipinski definition) is 7. The van der Waals surface area contributed by atoms with Gasteiger partial charge in [-0.3, -0.25) is 9.69 Å². The third-order valence-electron chi connectivity index (χ3n) is 7.61. The number of rotatable bonds is 8. The van der Waals surface area contributed by atoms with E-state index in [1.165, 1.54) is 27.4 Å². The number of sulfonamides is 1. The molecule has 0 aliphatic carbocycles. The number of benzene rings is 2. The second kappa shape index (κ2) is 11.3. The quantitative estimate of drug-likeness (QED) is 0.529. The zero-order valence-electron chi connectivity index (χ0n) is 21.3. The van der Waals surface area contributed by atoms with Gasteiger partial charge in [-0.05, 0) is 43.0 Å². The number of halogens is 1. The molecule has 0 radical (unpaired) electrons. The SMILES string of the molecule is N#C[C@@H]1CCCN1C(=O)[C@H](CN1C[C@@H]2C[C@H]1CN2S(=O)(=O)c1cccc(F)c1)NC(=O)OCc1ccccc1. The first-order chi connectivity index (χ1) is 18.8. The average Bonchev–Trinajstić information content (AvgIpc) is 3.68. The average molecular weight is 556 g/mol. The Morgan fingerprint density at radius 3 is 2.62 bits per heavy atom. The number of piperazine rings is 1. The van der Waals surface area contributed by atoms with E-state index in [1.807, 2.05) is 35.2 Å². The molecule has 3 aliphatic rings. The summed E-state index contributed by atoms with van der Waals surface area (Å²) < 4.78 is 46.8. The van der Waals surface area contributed by atoms with Crippen LogP contribution in [0, 0.1) is 17.1 Å². The van der Waals surface area contributed by atoms with Gasteiger partial charge in [-0.15, -0.1) is 0 Å². The Balaban J connectivity index is 1.27. The van der Waals surface area contributed by atoms with Crippen LogP contribution in [0.25, 0.3) is 0 Å². The largest absolute Gasteiger partial charge is 0.445 e. The summed E-state index contributed by atoms with van der Waals surface area (Å²) in [7, 11) is -3.87. The first-order valence-electron chi connectivity index (χ1n) is 12.9. The Labute approximate surface area is 227 Å². The smallest absolute Gasteiger partial charge is 0.408 e. The molecule has 0 unspecified atom stereocenters. The first-order valence-corrected chi connectivity index (χ1v) is 14.4. The number of ether oxygens (including phenoxy) is 1. The van der Waals surface area contributed by atoms with Gasteiger partial charge in [0.1, 0.15) is 24.5 Å². The highest BCUT2D eigenvalue weighted by molar-refractivity contribution is 7.89. The van der Waals surface area contributed by atoms with Crippen molar-refractivity contribution in [1.82, 2.24) is 19.4 Å². The van der Waals surface area contributed by atoms with Crippen LogP contribution in [-0.2, 0) is 26.2 Å². The zero-order valence-corrected chi connectivity index (χ0v) is 22.1. The fourth-order valence-corrected chi connectivity index (χ4v) is 7.38. The van der Waals surface area contributed by atoms with Gasteiger partial charge in [0.05, 0.1) is 11.0 Å². The van der Waals surface area contributed by atoms with Crippen LogP contribution >= 0.6 is 0 Å². The Hall–Kier alpha value is -3.53. The van der Waals surface area contributed by atoms with Crippen LogP contribution in [0.5, 0.6) is 0 Å². The molecule has 5 rings (SSSR count). The van der Waals surface area contributed by atoms with Crippen LogP contribution in [0.1, 0.15) is 24.8 Å². The van der Waals surface area contributed by atoms with E-state index in [1.54, 1.807) is 0 Å². The Kier molecular flexibility index (Phi) is 7.83. The molecule has 0 saturated carbocycles. The number of nitrogens with one attached hydrogen (secondary N) is 1. The third kappa shape index (κ3) is 5.75. The summed E-state index contributed by atoms with van der Waals surface area (Å²) in [5.41, 5.74) is 0.802. The molecule has 0 spiro atoms. The number of amides is 2. The number of nitrogens with zero attached hydrogens (tertiary/aromatic N) is 4. The summed E-state index contributed by atoms with van der Waals surface area (Å²) in [6, 6.07) is 14.3. The van der Waals surface area contributed by atoms with Crippen molar-refractivity contribution in [3.63, 3.8) is 0 Å². The highest BCUT2D eigenvalue weighted by Gasteiger charge is 2.49. The van der Waals surface area contributed by atoms with E-state index in [-0.39, 0.29) is 42.6 Å². The topological polar surface area (TPSA) is 123 Å². The van der Waals surface area contributed by atoms with Gasteiger partial charge < -0.3 is 15.0 Å². The van der Waals surface area contributed by atoms with Crippen LogP contribution in [0.3, 0.4) is 0 Å². The van der Waals surface area contributed by atoms with Gasteiger partial charge in [-0.25, -0.2) is 17.6 Å². The number of hydrogen-bond donors (Lipinski definition) is 1. The molecule has 3 fully saturated rings. The number of alkyl carbamates (subject to hydrolysis) is 1. The molecule has 3 aliphatic heterocycles. The number of likely N-dealkylation sites (tertiary alicyclic amines) is 2. The van der Waals surface area contributed by atoms with Crippen molar-refractivity contribution >= 4 is 22.0 Å². The van der Waals surface area contributed by atoms with Crippen molar-refractivity contribution in [2.75, 3.05) is 26.2 Å². The molecule has 3 heterocycles. The van der Waals surface area contributed by atoms with E-state index >= 15 is 0 Å². The minimum absolute atomic E-state index is 0.0411. The maximum absolute atomic E-state index is 13.7. The van der Waals surface area contributed by atoms with E-state index in [4.69, 9.17) is 4.74 Å². The Bertz CT molecular complexity index is 1370. The van der Waals surface area contributed by atoms with E-state index < -0.39 is 34.0 Å². The molecular formula is C27H30FN5O5S. The summed E-state index contributed by atoms with van der Waals surface area (Å²) in [4.78, 5) is 29.6.